The molecular formula is C32H36N8O6. The summed E-state index contributed by atoms with van der Waals surface area (Å²) in [6.07, 6.45) is 5.15. The second kappa shape index (κ2) is 13.5. The molecule has 240 valence electrons. The van der Waals surface area contributed by atoms with Gasteiger partial charge in [0.15, 0.2) is 17.3 Å². The summed E-state index contributed by atoms with van der Waals surface area (Å²) in [6.45, 7) is 5.91. The molecule has 5 heterocycles. The molecule has 2 aliphatic rings. The molecule has 14 heteroatoms. The number of carbonyl (C=O) groups excluding carboxylic acids is 1. The lowest BCUT2D eigenvalue weighted by Gasteiger charge is -2.36. The normalized spacial score (nSPS) is 15.5. The first-order valence-electron chi connectivity index (χ1n) is 15.4. The van der Waals surface area contributed by atoms with Gasteiger partial charge in [-0.1, -0.05) is 43.3 Å². The van der Waals surface area contributed by atoms with Crippen molar-refractivity contribution >= 4 is 28.9 Å². The number of aliphatic carboxylic acids is 1. The van der Waals surface area contributed by atoms with Crippen LogP contribution in [-0.2, 0) is 29.1 Å². The average molecular weight is 629 g/mol. The molecule has 1 N–H and O–H groups in total. The van der Waals surface area contributed by atoms with Gasteiger partial charge in [0, 0.05) is 32.8 Å². The van der Waals surface area contributed by atoms with E-state index in [1.807, 2.05) is 48.2 Å². The summed E-state index contributed by atoms with van der Waals surface area (Å²) in [7, 11) is 0. The number of hydrogen-bond donors (Lipinski definition) is 1. The second-order valence-corrected chi connectivity index (χ2v) is 11.2. The highest BCUT2D eigenvalue weighted by Crippen LogP contribution is 2.26. The molecular weight excluding hydrogens is 592 g/mol. The van der Waals surface area contributed by atoms with Crippen molar-refractivity contribution < 1.29 is 24.2 Å². The van der Waals surface area contributed by atoms with Gasteiger partial charge < -0.3 is 28.9 Å². The number of piperazine rings is 1. The Morgan fingerprint density at radius 1 is 1.09 bits per heavy atom. The number of carboxylic acid groups (broad SMARTS) is 1. The number of nitrogens with zero attached hydrogens (tertiary/aromatic N) is 8. The number of allylic oxidation sites excluding steroid dienone is 1. The van der Waals surface area contributed by atoms with Gasteiger partial charge in [0.05, 0.1) is 18.0 Å². The number of fused-ring (bicyclic) bond motifs is 1. The number of benzene rings is 1. The fourth-order valence-corrected chi connectivity index (χ4v) is 5.91. The lowest BCUT2D eigenvalue weighted by Crippen LogP contribution is -2.51. The van der Waals surface area contributed by atoms with Gasteiger partial charge in [-0.3, -0.25) is 14.4 Å². The molecule has 0 saturated carbocycles. The van der Waals surface area contributed by atoms with E-state index in [0.29, 0.717) is 80.9 Å². The van der Waals surface area contributed by atoms with Crippen LogP contribution in [-0.4, -0.2) is 90.4 Å². The Morgan fingerprint density at radius 3 is 2.61 bits per heavy atom. The van der Waals surface area contributed by atoms with Crippen LogP contribution < -0.4 is 15.2 Å². The van der Waals surface area contributed by atoms with Crippen LogP contribution in [0.5, 0.6) is 5.75 Å². The topological polar surface area (TPSA) is 157 Å². The van der Waals surface area contributed by atoms with E-state index in [1.165, 1.54) is 10.8 Å². The number of rotatable bonds is 9. The van der Waals surface area contributed by atoms with Gasteiger partial charge >= 0.3 is 5.97 Å². The molecule has 1 aromatic carbocycles. The lowest BCUT2D eigenvalue weighted by atomic mass is 10.1. The molecule has 3 aromatic heterocycles. The van der Waals surface area contributed by atoms with Gasteiger partial charge in [-0.25, -0.2) is 9.97 Å². The van der Waals surface area contributed by atoms with Crippen LogP contribution >= 0.6 is 0 Å². The summed E-state index contributed by atoms with van der Waals surface area (Å²) in [5, 5.41) is 14.3. The van der Waals surface area contributed by atoms with Crippen LogP contribution in [0.25, 0.3) is 11.4 Å². The standard InChI is InChI=1S/C32H36N8O6/c1-3-24-27(31(44)40-32(39(24)18-25(41)42)35-29(36-40)23-10-7-16-45-17-11-23)37-12-14-38(15-13-37)30(43)26-28(21(2)33-20-34-26)46-19-22-8-5-4-6-9-22/h4-6,8-9,11,20H,3,7,10,12-19H2,1-2H3,(H,41,42). The van der Waals surface area contributed by atoms with Crippen LogP contribution in [0.3, 0.4) is 0 Å². The van der Waals surface area contributed by atoms with Crippen molar-refractivity contribution in [2.24, 2.45) is 0 Å². The summed E-state index contributed by atoms with van der Waals surface area (Å²) in [4.78, 5) is 56.4. The Hall–Kier alpha value is -5.11. The molecule has 1 saturated heterocycles. The molecule has 46 heavy (non-hydrogen) atoms. The van der Waals surface area contributed by atoms with Gasteiger partial charge in [0.25, 0.3) is 11.5 Å². The largest absolute Gasteiger partial charge is 0.485 e. The van der Waals surface area contributed by atoms with Gasteiger partial charge in [-0.2, -0.15) is 9.50 Å². The molecule has 14 nitrogen and oxygen atoms in total. The quantitative estimate of drug-likeness (QED) is 0.290. The Bertz CT molecular complexity index is 1840. The molecule has 1 amide bonds. The minimum absolute atomic E-state index is 0.185. The number of hydrogen-bond acceptors (Lipinski definition) is 10. The Balaban J connectivity index is 1.27. The number of ether oxygens (including phenoxy) is 2. The van der Waals surface area contributed by atoms with Gasteiger partial charge in [0.1, 0.15) is 25.2 Å². The predicted molar refractivity (Wildman–Crippen MR) is 168 cm³/mol. The molecule has 0 bridgehead atoms. The van der Waals surface area contributed by atoms with E-state index in [2.05, 4.69) is 20.1 Å². The third kappa shape index (κ3) is 6.20. The molecule has 0 atom stereocenters. The van der Waals surface area contributed by atoms with E-state index < -0.39 is 5.97 Å². The number of anilines is 1. The zero-order chi connectivity index (χ0) is 32.2. The molecule has 1 fully saturated rings. The van der Waals surface area contributed by atoms with Crippen LogP contribution in [0.1, 0.15) is 53.0 Å². The van der Waals surface area contributed by atoms with Crippen molar-refractivity contribution in [2.45, 2.75) is 46.3 Å². The van der Waals surface area contributed by atoms with Gasteiger partial charge in [-0.05, 0) is 37.3 Å². The maximum atomic E-state index is 14.0. The van der Waals surface area contributed by atoms with Crippen LogP contribution in [0.4, 0.5) is 5.69 Å². The first kappa shape index (κ1) is 30.9. The number of amides is 1. The lowest BCUT2D eigenvalue weighted by molar-refractivity contribution is -0.137. The zero-order valence-electron chi connectivity index (χ0n) is 25.9. The van der Waals surface area contributed by atoms with E-state index in [9.17, 15) is 19.5 Å². The minimum Gasteiger partial charge on any atom is -0.485 e. The van der Waals surface area contributed by atoms with E-state index in [1.54, 1.807) is 16.4 Å². The van der Waals surface area contributed by atoms with Crippen molar-refractivity contribution in [1.29, 1.82) is 0 Å². The fourth-order valence-electron chi connectivity index (χ4n) is 5.91. The minimum atomic E-state index is -1.06. The van der Waals surface area contributed by atoms with Crippen molar-refractivity contribution in [1.82, 2.24) is 34.0 Å². The van der Waals surface area contributed by atoms with Crippen LogP contribution in [0, 0.1) is 6.92 Å². The SMILES string of the molecule is CCc1c(N2CCN(C(=O)c3ncnc(C)c3OCc3ccccc3)CC2)c(=O)n2nc(C3=CCOCCC3)nc2n1CC(=O)O. The Labute approximate surface area is 264 Å². The fraction of sp³-hybridized carbons (Fsp3) is 0.406. The number of aryl methyl sites for hydroxylation is 1. The zero-order valence-corrected chi connectivity index (χ0v) is 25.9. The van der Waals surface area contributed by atoms with Crippen molar-refractivity contribution in [3.05, 3.63) is 81.6 Å². The average Bonchev–Trinajstić information content (AvgIpc) is 3.34. The molecule has 0 spiro atoms. The number of carbonyl (C=O) groups is 2. The Kier molecular flexibility index (Phi) is 9.06. The monoisotopic (exact) mass is 628 g/mol. The van der Waals surface area contributed by atoms with E-state index >= 15 is 0 Å². The van der Waals surface area contributed by atoms with Crippen molar-refractivity contribution in [2.75, 3.05) is 44.3 Å². The first-order valence-corrected chi connectivity index (χ1v) is 15.4. The summed E-state index contributed by atoms with van der Waals surface area (Å²) < 4.78 is 14.3. The second-order valence-electron chi connectivity index (χ2n) is 11.2. The number of carboxylic acids is 1. The molecule has 0 unspecified atom stereocenters. The molecule has 2 aliphatic heterocycles. The summed E-state index contributed by atoms with van der Waals surface area (Å²) in [6, 6.07) is 9.64. The summed E-state index contributed by atoms with van der Waals surface area (Å²) in [5.41, 5.74) is 3.11. The highest BCUT2D eigenvalue weighted by atomic mass is 16.5. The highest BCUT2D eigenvalue weighted by Gasteiger charge is 2.31. The van der Waals surface area contributed by atoms with Crippen LogP contribution in [0.15, 0.2) is 47.5 Å². The molecule has 4 aromatic rings. The number of aromatic nitrogens is 6. The van der Waals surface area contributed by atoms with Crippen molar-refractivity contribution in [3.8, 4) is 5.75 Å². The van der Waals surface area contributed by atoms with Gasteiger partial charge in [0.2, 0.25) is 5.78 Å². The first-order chi connectivity index (χ1) is 22.4. The smallest absolute Gasteiger partial charge is 0.323 e. The summed E-state index contributed by atoms with van der Waals surface area (Å²) in [5.74, 6) is -0.429. The molecule has 0 aliphatic carbocycles. The molecule has 0 radical (unpaired) electrons. The van der Waals surface area contributed by atoms with Gasteiger partial charge in [-0.15, -0.1) is 5.10 Å². The third-order valence-corrected chi connectivity index (χ3v) is 8.22. The van der Waals surface area contributed by atoms with E-state index in [-0.39, 0.29) is 36.1 Å². The predicted octanol–water partition coefficient (Wildman–Crippen LogP) is 2.37. The maximum absolute atomic E-state index is 14.0. The van der Waals surface area contributed by atoms with E-state index in [0.717, 1.165) is 17.6 Å². The van der Waals surface area contributed by atoms with Crippen molar-refractivity contribution in [3.63, 3.8) is 0 Å². The van der Waals surface area contributed by atoms with Crippen LogP contribution in [0.2, 0.25) is 0 Å². The maximum Gasteiger partial charge on any atom is 0.323 e. The third-order valence-electron chi connectivity index (χ3n) is 8.22. The Morgan fingerprint density at radius 2 is 1.87 bits per heavy atom. The summed E-state index contributed by atoms with van der Waals surface area (Å²) >= 11 is 0. The highest BCUT2D eigenvalue weighted by molar-refractivity contribution is 5.95. The molecule has 6 rings (SSSR count). The van der Waals surface area contributed by atoms with E-state index in [4.69, 9.17) is 9.47 Å².